The van der Waals surface area contributed by atoms with Gasteiger partial charge in [0.1, 0.15) is 41.4 Å². The predicted octanol–water partition coefficient (Wildman–Crippen LogP) is 5.94. The molecular weight excluding hydrogens is 685 g/mol. The molecular formula is C35H35F4MnN5O4. The summed E-state index contributed by atoms with van der Waals surface area (Å²) in [6.07, 6.45) is 2.00. The maximum atomic E-state index is 16.9. The van der Waals surface area contributed by atoms with Gasteiger partial charge in [-0.05, 0) is 66.8 Å². The number of rotatable bonds is 10. The van der Waals surface area contributed by atoms with Crippen molar-refractivity contribution in [1.82, 2.24) is 19.9 Å². The van der Waals surface area contributed by atoms with Gasteiger partial charge in [-0.15, -0.1) is 13.0 Å². The predicted molar refractivity (Wildman–Crippen MR) is 171 cm³/mol. The molecule has 2 aromatic heterocycles. The zero-order valence-electron chi connectivity index (χ0n) is 26.8. The molecule has 49 heavy (non-hydrogen) atoms. The van der Waals surface area contributed by atoms with Gasteiger partial charge in [0.25, 0.3) is 0 Å². The quantitative estimate of drug-likeness (QED) is 0.0924. The molecule has 0 aliphatic carbocycles. The first-order chi connectivity index (χ1) is 23.2. The number of nitrogens with zero attached hydrogens (tertiary/aromatic N) is 5. The van der Waals surface area contributed by atoms with Gasteiger partial charge in [-0.1, -0.05) is 12.5 Å². The van der Waals surface area contributed by atoms with Gasteiger partial charge < -0.3 is 24.3 Å². The third-order valence-corrected chi connectivity index (χ3v) is 9.76. The van der Waals surface area contributed by atoms with Gasteiger partial charge in [-0.3, -0.25) is 15.8 Å². The van der Waals surface area contributed by atoms with Gasteiger partial charge in [-0.25, -0.2) is 17.6 Å². The zero-order chi connectivity index (χ0) is 33.6. The second-order valence-corrected chi connectivity index (χ2v) is 13.2. The smallest absolute Gasteiger partial charge is 0.653 e. The van der Waals surface area contributed by atoms with Gasteiger partial charge in [-0.2, -0.15) is 16.9 Å². The molecule has 4 aromatic rings. The van der Waals surface area contributed by atoms with E-state index in [0.29, 0.717) is 36.7 Å². The van der Waals surface area contributed by atoms with Crippen LogP contribution in [0, 0.1) is 17.6 Å². The summed E-state index contributed by atoms with van der Waals surface area (Å²) in [5, 5.41) is 11.6. The summed E-state index contributed by atoms with van der Waals surface area (Å²) in [4.78, 5) is 27.9. The first kappa shape index (κ1) is 35.1. The molecule has 259 valence electrons. The number of benzene rings is 2. The first-order valence-electron chi connectivity index (χ1n) is 16.2. The number of hydrogen-bond acceptors (Lipinski definition) is 9. The van der Waals surface area contributed by atoms with E-state index in [9.17, 15) is 18.7 Å². The van der Waals surface area contributed by atoms with E-state index < -0.39 is 29.5 Å². The monoisotopic (exact) mass is 720 g/mol. The minimum Gasteiger partial charge on any atom is -0.653 e. The second kappa shape index (κ2) is 14.2. The molecule has 0 amide bonds. The van der Waals surface area contributed by atoms with Crippen molar-refractivity contribution in [1.29, 1.82) is 0 Å². The van der Waals surface area contributed by atoms with Crippen LogP contribution in [-0.4, -0.2) is 88.7 Å². The molecule has 1 N–H and O–H groups in total. The number of fused-ring (bicyclic) bond motifs is 3. The van der Waals surface area contributed by atoms with Crippen molar-refractivity contribution in [3.63, 3.8) is 0 Å². The number of phenolic OH excluding ortho intramolecular Hbond substituents is 1. The van der Waals surface area contributed by atoms with Gasteiger partial charge >= 0.3 is 23.1 Å². The topological polar surface area (TPSA) is 101 Å². The van der Waals surface area contributed by atoms with Gasteiger partial charge in [0, 0.05) is 37.9 Å². The van der Waals surface area contributed by atoms with E-state index in [2.05, 4.69) is 24.6 Å². The maximum Gasteiger partial charge on any atom is 2.00 e. The number of ether oxygens (including phenoxy) is 2. The Labute approximate surface area is 291 Å². The largest absolute Gasteiger partial charge is 2.00 e. The van der Waals surface area contributed by atoms with E-state index in [1.54, 1.807) is 4.90 Å². The summed E-state index contributed by atoms with van der Waals surface area (Å²) in [6.45, 7) is 4.84. The minimum atomic E-state index is -1.15. The molecule has 3 fully saturated rings. The van der Waals surface area contributed by atoms with Crippen molar-refractivity contribution < 1.29 is 54.0 Å². The molecule has 2 aromatic carbocycles. The van der Waals surface area contributed by atoms with Crippen molar-refractivity contribution in [3.8, 4) is 23.0 Å². The molecule has 5 heterocycles. The van der Waals surface area contributed by atoms with Crippen LogP contribution in [0.1, 0.15) is 44.6 Å². The van der Waals surface area contributed by atoms with E-state index in [1.807, 2.05) is 6.92 Å². The Morgan fingerprint density at radius 3 is 2.80 bits per heavy atom. The first-order valence-corrected chi connectivity index (χ1v) is 16.2. The Bertz CT molecular complexity index is 1860. The Morgan fingerprint density at radius 2 is 2.00 bits per heavy atom. The Balaban J connectivity index is 0.00000417. The number of halogens is 4. The van der Waals surface area contributed by atoms with E-state index in [4.69, 9.17) is 4.74 Å². The van der Waals surface area contributed by atoms with Crippen LogP contribution < -0.4 is 9.64 Å². The standard InChI is InChI=1S/C35H35F4N5O4.Mn/c1-20-10-22(36)16-43(15-20)33-27-14-40-31(26-12-24(46)11-21-5-6-28(38)25(29(21)26)4-2-9-47-19-45)30(39)32(27)41-34(42-33)48-18-35-7-3-8-44(35)17-23(37)13-35;/h5-6,11-12,14,22-23,46H,2-4,7-10,13,15-18H2,1H3;/q-2;+2/t22-,23+,35-;/m0./s1. The summed E-state index contributed by atoms with van der Waals surface area (Å²) in [6, 6.07) is 5.38. The van der Waals surface area contributed by atoms with Crippen molar-refractivity contribution in [2.75, 3.05) is 44.3 Å². The van der Waals surface area contributed by atoms with E-state index in [0.717, 1.165) is 25.3 Å². The normalized spacial score (nSPS) is 22.8. The van der Waals surface area contributed by atoms with Crippen LogP contribution in [0.5, 0.6) is 11.8 Å². The Hall–Kier alpha value is -3.74. The van der Waals surface area contributed by atoms with Gasteiger partial charge in [0.2, 0.25) is 0 Å². The van der Waals surface area contributed by atoms with Crippen LogP contribution >= 0.6 is 0 Å². The number of aryl methyl sites for hydroxylation is 1. The van der Waals surface area contributed by atoms with Crippen LogP contribution in [0.25, 0.3) is 32.9 Å². The van der Waals surface area contributed by atoms with Crippen molar-refractivity contribution >= 4 is 34.0 Å². The number of pyridine rings is 1. The van der Waals surface area contributed by atoms with Crippen LogP contribution in [0.3, 0.4) is 0 Å². The van der Waals surface area contributed by atoms with Crippen molar-refractivity contribution in [2.24, 2.45) is 0 Å². The summed E-state index contributed by atoms with van der Waals surface area (Å²) in [5.41, 5.74) is -0.462. The van der Waals surface area contributed by atoms with Crippen molar-refractivity contribution in [2.45, 2.75) is 63.3 Å². The molecule has 14 heteroatoms. The fraction of sp³-hybridized carbons (Fsp3) is 0.457. The fourth-order valence-corrected chi connectivity index (χ4v) is 7.75. The maximum absolute atomic E-state index is 16.9. The van der Waals surface area contributed by atoms with E-state index >= 15 is 8.78 Å². The summed E-state index contributed by atoms with van der Waals surface area (Å²) < 4.78 is 72.3. The molecule has 0 unspecified atom stereocenters. The SMILES string of the molecule is C[C-]1C[C@H](F)CN(c2nc(OC[C@@]34CCCN3C[C@H](F)C4)nc3c(F)c(-c4cc(O)cc5ccc(F)c(CCCO[C-]=O)c45)ncc23)C1.[Mn+2]. The number of anilines is 1. The van der Waals surface area contributed by atoms with E-state index in [-0.39, 0.29) is 95.0 Å². The molecule has 3 saturated heterocycles. The summed E-state index contributed by atoms with van der Waals surface area (Å²) in [7, 11) is 0. The summed E-state index contributed by atoms with van der Waals surface area (Å²) in [5.74, 6) is -0.442. The van der Waals surface area contributed by atoms with Gasteiger partial charge in [0.05, 0.1) is 17.1 Å². The molecule has 0 saturated carbocycles. The van der Waals surface area contributed by atoms with Gasteiger partial charge in [0.15, 0.2) is 5.82 Å². The number of alkyl halides is 2. The third-order valence-electron chi connectivity index (χ3n) is 9.76. The Morgan fingerprint density at radius 1 is 1.16 bits per heavy atom. The second-order valence-electron chi connectivity index (χ2n) is 13.2. The number of piperidine rings is 1. The summed E-state index contributed by atoms with van der Waals surface area (Å²) >= 11 is 0. The number of aromatic nitrogens is 3. The molecule has 3 aliphatic rings. The molecule has 3 atom stereocenters. The number of carbonyl (C=O) groups excluding carboxylic acids is 1. The van der Waals surface area contributed by atoms with E-state index in [1.165, 1.54) is 36.9 Å². The molecule has 3 aliphatic heterocycles. The van der Waals surface area contributed by atoms with Crippen molar-refractivity contribution in [3.05, 3.63) is 53.6 Å². The number of hydrogen-bond donors (Lipinski definition) is 1. The van der Waals surface area contributed by atoms with Crippen LogP contribution in [0.15, 0.2) is 30.5 Å². The Kier molecular flexibility index (Phi) is 10.2. The average molecular weight is 721 g/mol. The third kappa shape index (κ3) is 6.74. The molecule has 0 spiro atoms. The minimum absolute atomic E-state index is 0. The molecule has 9 nitrogen and oxygen atoms in total. The zero-order valence-corrected chi connectivity index (χ0v) is 28.0. The van der Waals surface area contributed by atoms with Crippen LogP contribution in [0.2, 0.25) is 0 Å². The average Bonchev–Trinajstić information content (AvgIpc) is 3.58. The fourth-order valence-electron chi connectivity index (χ4n) is 7.75. The number of aromatic hydroxyl groups is 1. The van der Waals surface area contributed by atoms with Crippen LogP contribution in [-0.2, 0) is 33.0 Å². The molecule has 7 rings (SSSR count). The molecule has 1 radical (unpaired) electrons. The molecule has 0 bridgehead atoms. The van der Waals surface area contributed by atoms with Crippen LogP contribution in [0.4, 0.5) is 23.4 Å². The number of phenols is 1.